The molecule has 0 saturated heterocycles. The molecule has 0 aliphatic heterocycles. The fourth-order valence-electron chi connectivity index (χ4n) is 5.17. The Morgan fingerprint density at radius 2 is 1.06 bits per heavy atom. The fourth-order valence-corrected chi connectivity index (χ4v) is 5.17. The quantitative estimate of drug-likeness (QED) is 0.120. The summed E-state index contributed by atoms with van der Waals surface area (Å²) in [6.07, 6.45) is 13.0. The number of methoxy groups -OCH3 is 1. The normalized spacial score (nSPS) is 10.3. The van der Waals surface area contributed by atoms with Crippen molar-refractivity contribution < 1.29 is 28.2 Å². The van der Waals surface area contributed by atoms with E-state index >= 15 is 0 Å². The highest BCUT2D eigenvalue weighted by Crippen LogP contribution is 2.37. The molecule has 6 heterocycles. The first-order valence-electron chi connectivity index (χ1n) is 15.7. The zero-order valence-corrected chi connectivity index (χ0v) is 35.2. The molecule has 17 heteroatoms. The lowest BCUT2D eigenvalue weighted by molar-refractivity contribution is 0.409. The molecule has 1 N–H and O–H groups in total. The number of hydrogen-bond donors (Lipinski definition) is 1. The number of aryl methyl sites for hydroxylation is 2. The summed E-state index contributed by atoms with van der Waals surface area (Å²) >= 11 is 9.31. The molecule has 274 valence electrons. The summed E-state index contributed by atoms with van der Waals surface area (Å²) in [5, 5.41) is 11.9. The summed E-state index contributed by atoms with van der Waals surface area (Å²) in [6, 6.07) is 17.8. The van der Waals surface area contributed by atoms with Crippen molar-refractivity contribution in [2.45, 2.75) is 13.8 Å². The van der Waals surface area contributed by atoms with Gasteiger partial charge in [0.05, 0.1) is 53.2 Å². The van der Waals surface area contributed by atoms with Gasteiger partial charge in [0, 0.05) is 60.4 Å². The number of phenolic OH excluding ortho intramolecular Hbond substituents is 1. The number of furan rings is 2. The minimum absolute atomic E-state index is 0. The van der Waals surface area contributed by atoms with Gasteiger partial charge in [-0.05, 0) is 62.4 Å². The van der Waals surface area contributed by atoms with E-state index in [1.54, 1.807) is 87.1 Å². The highest BCUT2D eigenvalue weighted by molar-refractivity contribution is 9.69. The average molecular weight is 937 g/mol. The average Bonchev–Trinajstić information content (AvgIpc) is 3.84. The van der Waals surface area contributed by atoms with Gasteiger partial charge in [-0.1, -0.05) is 0 Å². The molecular formula is C37H31BBr3N6O6P. The molecule has 1 atom stereocenters. The van der Waals surface area contributed by atoms with Crippen LogP contribution in [0, 0.1) is 13.8 Å². The molecule has 0 bridgehead atoms. The summed E-state index contributed by atoms with van der Waals surface area (Å²) < 4.78 is 28.2. The van der Waals surface area contributed by atoms with Gasteiger partial charge in [-0.2, -0.15) is 9.90 Å². The molecule has 6 aromatic heterocycles. The Kier molecular flexibility index (Phi) is 14.1. The molecule has 54 heavy (non-hydrogen) atoms. The number of pyridine rings is 2. The Balaban J connectivity index is 0.000000186. The van der Waals surface area contributed by atoms with Gasteiger partial charge in [0.1, 0.15) is 34.2 Å². The van der Waals surface area contributed by atoms with Gasteiger partial charge >= 0.3 is 3.18 Å². The van der Waals surface area contributed by atoms with Crippen LogP contribution in [-0.2, 0) is 0 Å². The van der Waals surface area contributed by atoms with Crippen molar-refractivity contribution in [3.05, 3.63) is 122 Å². The van der Waals surface area contributed by atoms with Crippen LogP contribution in [0.3, 0.4) is 0 Å². The number of benzene rings is 2. The Bertz CT molecular complexity index is 2490. The third-order valence-corrected chi connectivity index (χ3v) is 7.53. The second kappa shape index (κ2) is 18.9. The number of phenols is 1. The lowest BCUT2D eigenvalue weighted by Crippen LogP contribution is -1.95. The summed E-state index contributed by atoms with van der Waals surface area (Å²) in [5.74, 6) is 2.71. The van der Waals surface area contributed by atoms with Crippen molar-refractivity contribution in [2.24, 2.45) is 0 Å². The first kappa shape index (κ1) is 40.3. The van der Waals surface area contributed by atoms with Crippen LogP contribution in [0.15, 0.2) is 119 Å². The summed E-state index contributed by atoms with van der Waals surface area (Å²) in [5.41, 5.74) is 5.86. The summed E-state index contributed by atoms with van der Waals surface area (Å²) in [6.45, 7) is 3.76. The lowest BCUT2D eigenvalue weighted by atomic mass is 10.1. The van der Waals surface area contributed by atoms with E-state index in [0.717, 1.165) is 39.0 Å². The molecule has 0 spiro atoms. The van der Waals surface area contributed by atoms with Crippen LogP contribution < -0.4 is 14.2 Å². The second-order valence-electron chi connectivity index (χ2n) is 10.9. The third kappa shape index (κ3) is 9.80. The molecule has 0 fully saturated rings. The molecule has 0 radical (unpaired) electrons. The standard InChI is InChI=1S/C19H15N3O3.C18H13N3O3.BBr3.H3P/c1-12-18(21-9-8-20-12)14-4-3-13(11-17(14)23-2)25-19-15-6-10-24-16(15)5-7-22-19;1-11-17(20-8-7-19-11)13-3-2-12(10-15(13)22)24-18-14-5-9-23-16(14)4-6-21-18;2-1(3)4;/h3-11H,1-2H3;2-10,22H,1H3;;1H3. The van der Waals surface area contributed by atoms with Gasteiger partial charge in [0.2, 0.25) is 11.8 Å². The van der Waals surface area contributed by atoms with E-state index in [4.69, 9.17) is 23.0 Å². The van der Waals surface area contributed by atoms with E-state index in [0.29, 0.717) is 45.8 Å². The third-order valence-electron chi connectivity index (χ3n) is 7.53. The minimum Gasteiger partial charge on any atom is -0.507 e. The number of fused-ring (bicyclic) bond motifs is 2. The highest BCUT2D eigenvalue weighted by atomic mass is 79.9. The first-order valence-corrected chi connectivity index (χ1v) is 18.5. The largest absolute Gasteiger partial charge is 0.507 e. The summed E-state index contributed by atoms with van der Waals surface area (Å²) in [7, 11) is 1.61. The van der Waals surface area contributed by atoms with Gasteiger partial charge in [-0.3, -0.25) is 19.9 Å². The van der Waals surface area contributed by atoms with E-state index in [9.17, 15) is 5.11 Å². The van der Waals surface area contributed by atoms with E-state index in [1.165, 1.54) is 6.07 Å². The summed E-state index contributed by atoms with van der Waals surface area (Å²) in [4.78, 5) is 25.6. The van der Waals surface area contributed by atoms with Gasteiger partial charge in [-0.25, -0.2) is 9.97 Å². The maximum Gasteiger partial charge on any atom is 0.369 e. The zero-order chi connectivity index (χ0) is 37.3. The predicted octanol–water partition coefficient (Wildman–Crippen LogP) is 10.7. The van der Waals surface area contributed by atoms with Gasteiger partial charge in [0.15, 0.2) is 0 Å². The van der Waals surface area contributed by atoms with Crippen molar-refractivity contribution in [1.29, 1.82) is 0 Å². The van der Waals surface area contributed by atoms with Crippen LogP contribution in [0.4, 0.5) is 0 Å². The number of aromatic hydroxyl groups is 1. The monoisotopic (exact) mass is 934 g/mol. The van der Waals surface area contributed by atoms with Crippen molar-refractivity contribution in [1.82, 2.24) is 29.9 Å². The Labute approximate surface area is 338 Å². The van der Waals surface area contributed by atoms with Crippen LogP contribution in [-0.4, -0.2) is 45.3 Å². The van der Waals surface area contributed by atoms with Crippen LogP contribution in [0.5, 0.6) is 34.8 Å². The number of ether oxygens (including phenoxy) is 3. The van der Waals surface area contributed by atoms with Gasteiger partial charge in [0.25, 0.3) is 0 Å². The first-order chi connectivity index (χ1) is 25.7. The van der Waals surface area contributed by atoms with Crippen molar-refractivity contribution in [3.63, 3.8) is 0 Å². The lowest BCUT2D eigenvalue weighted by Gasteiger charge is -2.12. The Hall–Kier alpha value is -4.89. The molecule has 0 amide bonds. The van der Waals surface area contributed by atoms with E-state index in [1.807, 2.05) is 38.1 Å². The minimum atomic E-state index is 0. The van der Waals surface area contributed by atoms with Crippen LogP contribution in [0.1, 0.15) is 11.4 Å². The number of nitrogens with zero attached hydrogens (tertiary/aromatic N) is 6. The fraction of sp³-hybridized carbons (Fsp3) is 0.0811. The number of aromatic nitrogens is 6. The number of hydrogen-bond acceptors (Lipinski definition) is 12. The molecule has 8 rings (SSSR count). The molecule has 0 aliphatic carbocycles. The SMILES string of the molecule is BrB(Br)Br.COc1cc(Oc2nccc3occc23)ccc1-c1nccnc1C.Cc1nccnc1-c1ccc(Oc2nccc3occc23)cc1O.P. The van der Waals surface area contributed by atoms with Crippen molar-refractivity contribution >= 4 is 82.3 Å². The topological polar surface area (TPSA) is 152 Å². The van der Waals surface area contributed by atoms with E-state index in [2.05, 4.69) is 77.2 Å². The van der Waals surface area contributed by atoms with Crippen LogP contribution in [0.25, 0.3) is 44.5 Å². The smallest absolute Gasteiger partial charge is 0.369 e. The molecule has 12 nitrogen and oxygen atoms in total. The maximum atomic E-state index is 10.3. The molecule has 0 aliphatic rings. The zero-order valence-electron chi connectivity index (χ0n) is 29.0. The predicted molar refractivity (Wildman–Crippen MR) is 224 cm³/mol. The molecule has 2 aromatic carbocycles. The van der Waals surface area contributed by atoms with Crippen molar-refractivity contribution in [3.8, 4) is 57.3 Å². The molecule has 8 aromatic rings. The van der Waals surface area contributed by atoms with Crippen LogP contribution >= 0.6 is 57.2 Å². The number of rotatable bonds is 7. The Morgan fingerprint density at radius 1 is 0.593 bits per heavy atom. The second-order valence-corrected chi connectivity index (χ2v) is 17.3. The van der Waals surface area contributed by atoms with E-state index < -0.39 is 0 Å². The van der Waals surface area contributed by atoms with Gasteiger partial charge < -0.3 is 28.2 Å². The molecule has 0 saturated carbocycles. The highest BCUT2D eigenvalue weighted by Gasteiger charge is 2.15. The van der Waals surface area contributed by atoms with Crippen LogP contribution in [0.2, 0.25) is 0 Å². The van der Waals surface area contributed by atoms with E-state index in [-0.39, 0.29) is 18.8 Å². The Morgan fingerprint density at radius 3 is 1.54 bits per heavy atom. The molecular weight excluding hydrogens is 906 g/mol. The van der Waals surface area contributed by atoms with Crippen molar-refractivity contribution in [2.75, 3.05) is 7.11 Å². The number of halogens is 3. The van der Waals surface area contributed by atoms with Gasteiger partial charge in [-0.15, -0.1) is 47.3 Å². The molecule has 1 unspecified atom stereocenters. The maximum absolute atomic E-state index is 10.3.